The zero-order valence-electron chi connectivity index (χ0n) is 12.3. The van der Waals surface area contributed by atoms with Crippen LogP contribution in [0.15, 0.2) is 24.3 Å². The number of carbonyl (C=O) groups excluding carboxylic acids is 1. The minimum absolute atomic E-state index is 0.319. The third-order valence-corrected chi connectivity index (χ3v) is 4.64. The second kappa shape index (κ2) is 7.82. The summed E-state index contributed by atoms with van der Waals surface area (Å²) in [5.41, 5.74) is 2.58. The molecule has 0 aromatic heterocycles. The summed E-state index contributed by atoms with van der Waals surface area (Å²) >= 11 is 3.48. The lowest BCUT2D eigenvalue weighted by Crippen LogP contribution is -2.40. The molecule has 1 aromatic carbocycles. The molecule has 0 unspecified atom stereocenters. The van der Waals surface area contributed by atoms with E-state index in [1.807, 2.05) is 0 Å². The van der Waals surface area contributed by atoms with Crippen molar-refractivity contribution in [2.75, 3.05) is 11.9 Å². The van der Waals surface area contributed by atoms with Gasteiger partial charge in [0.1, 0.15) is 0 Å². The van der Waals surface area contributed by atoms with E-state index in [1.165, 1.54) is 36.8 Å². The third kappa shape index (κ3) is 4.08. The number of rotatable bonds is 6. The molecule has 2 rings (SSSR count). The Labute approximate surface area is 130 Å². The Balaban J connectivity index is 1.93. The van der Waals surface area contributed by atoms with Crippen molar-refractivity contribution in [2.24, 2.45) is 0 Å². The second-order valence-electron chi connectivity index (χ2n) is 5.64. The molecular formula is C17H24BrNO. The SMILES string of the molecule is Cc1ccccc1CCC(=O)N(CCBr)C1CCCC1. The highest BCUT2D eigenvalue weighted by molar-refractivity contribution is 9.09. The first-order chi connectivity index (χ1) is 9.72. The van der Waals surface area contributed by atoms with Crippen LogP contribution in [0.5, 0.6) is 0 Å². The van der Waals surface area contributed by atoms with Gasteiger partial charge in [-0.25, -0.2) is 0 Å². The first-order valence-corrected chi connectivity index (χ1v) is 8.74. The molecule has 1 amide bonds. The van der Waals surface area contributed by atoms with Crippen LogP contribution in [0, 0.1) is 6.92 Å². The van der Waals surface area contributed by atoms with Crippen LogP contribution in [0.2, 0.25) is 0 Å². The lowest BCUT2D eigenvalue weighted by atomic mass is 10.0. The number of nitrogens with zero attached hydrogens (tertiary/aromatic N) is 1. The van der Waals surface area contributed by atoms with Crippen LogP contribution in [0.3, 0.4) is 0 Å². The minimum atomic E-state index is 0.319. The Morgan fingerprint density at radius 1 is 1.30 bits per heavy atom. The molecular weight excluding hydrogens is 314 g/mol. The van der Waals surface area contributed by atoms with Gasteiger partial charge >= 0.3 is 0 Å². The fourth-order valence-electron chi connectivity index (χ4n) is 3.09. The molecule has 0 heterocycles. The molecule has 2 nitrogen and oxygen atoms in total. The molecule has 1 aliphatic rings. The minimum Gasteiger partial charge on any atom is -0.339 e. The van der Waals surface area contributed by atoms with Crippen molar-refractivity contribution in [3.63, 3.8) is 0 Å². The Bertz CT molecular complexity index is 440. The van der Waals surface area contributed by atoms with Crippen molar-refractivity contribution < 1.29 is 4.79 Å². The van der Waals surface area contributed by atoms with Crippen LogP contribution in [-0.4, -0.2) is 28.7 Å². The maximum absolute atomic E-state index is 12.5. The van der Waals surface area contributed by atoms with E-state index in [0.29, 0.717) is 18.4 Å². The molecule has 20 heavy (non-hydrogen) atoms. The molecule has 1 aromatic rings. The predicted molar refractivity (Wildman–Crippen MR) is 87.3 cm³/mol. The summed E-state index contributed by atoms with van der Waals surface area (Å²) in [6.45, 7) is 2.96. The number of hydrogen-bond donors (Lipinski definition) is 0. The van der Waals surface area contributed by atoms with Gasteiger partial charge < -0.3 is 4.90 Å². The highest BCUT2D eigenvalue weighted by Crippen LogP contribution is 2.24. The maximum atomic E-state index is 12.5. The van der Waals surface area contributed by atoms with E-state index >= 15 is 0 Å². The van der Waals surface area contributed by atoms with Crippen molar-refractivity contribution in [1.29, 1.82) is 0 Å². The quantitative estimate of drug-likeness (QED) is 0.716. The van der Waals surface area contributed by atoms with Gasteiger partial charge in [-0.15, -0.1) is 0 Å². The number of halogens is 1. The number of hydrogen-bond acceptors (Lipinski definition) is 1. The molecule has 0 spiro atoms. The standard InChI is InChI=1S/C17H24BrNO/c1-14-6-2-3-7-15(14)10-11-17(20)19(13-12-18)16-8-4-5-9-16/h2-3,6-7,16H,4-5,8-13H2,1H3. The van der Waals surface area contributed by atoms with Crippen LogP contribution in [0.25, 0.3) is 0 Å². The zero-order valence-corrected chi connectivity index (χ0v) is 13.9. The zero-order chi connectivity index (χ0) is 14.4. The summed E-state index contributed by atoms with van der Waals surface area (Å²) in [5.74, 6) is 0.319. The summed E-state index contributed by atoms with van der Waals surface area (Å²) < 4.78 is 0. The second-order valence-corrected chi connectivity index (χ2v) is 6.43. The number of alkyl halides is 1. The predicted octanol–water partition coefficient (Wildman–Crippen LogP) is 4.09. The van der Waals surface area contributed by atoms with Gasteiger partial charge in [-0.2, -0.15) is 0 Å². The normalized spacial score (nSPS) is 15.5. The molecule has 1 aliphatic carbocycles. The fourth-order valence-corrected chi connectivity index (χ4v) is 3.48. The number of carbonyl (C=O) groups is 1. The summed E-state index contributed by atoms with van der Waals surface area (Å²) in [6.07, 6.45) is 6.40. The topological polar surface area (TPSA) is 20.3 Å². The van der Waals surface area contributed by atoms with E-state index in [1.54, 1.807) is 0 Å². The molecule has 0 bridgehead atoms. The van der Waals surface area contributed by atoms with E-state index in [4.69, 9.17) is 0 Å². The summed E-state index contributed by atoms with van der Waals surface area (Å²) in [6, 6.07) is 8.84. The Hall–Kier alpha value is -0.830. The van der Waals surface area contributed by atoms with Crippen LogP contribution < -0.4 is 0 Å². The van der Waals surface area contributed by atoms with E-state index in [2.05, 4.69) is 52.0 Å². The number of aryl methyl sites for hydroxylation is 2. The summed E-state index contributed by atoms with van der Waals surface area (Å²) in [7, 11) is 0. The van der Waals surface area contributed by atoms with Gasteiger partial charge in [0.15, 0.2) is 0 Å². The highest BCUT2D eigenvalue weighted by atomic mass is 79.9. The molecule has 0 aliphatic heterocycles. The van der Waals surface area contributed by atoms with Gasteiger partial charge in [0.25, 0.3) is 0 Å². The third-order valence-electron chi connectivity index (χ3n) is 4.28. The molecule has 110 valence electrons. The number of benzene rings is 1. The Kier molecular flexibility index (Phi) is 6.08. The van der Waals surface area contributed by atoms with Crippen molar-refractivity contribution in [3.05, 3.63) is 35.4 Å². The van der Waals surface area contributed by atoms with Crippen LogP contribution in [0.1, 0.15) is 43.2 Å². The Morgan fingerprint density at radius 3 is 2.65 bits per heavy atom. The van der Waals surface area contributed by atoms with Crippen molar-refractivity contribution in [1.82, 2.24) is 4.90 Å². The molecule has 3 heteroatoms. The monoisotopic (exact) mass is 337 g/mol. The molecule has 0 radical (unpaired) electrons. The smallest absolute Gasteiger partial charge is 0.223 e. The fraction of sp³-hybridized carbons (Fsp3) is 0.588. The first-order valence-electron chi connectivity index (χ1n) is 7.62. The van der Waals surface area contributed by atoms with E-state index < -0.39 is 0 Å². The molecule has 1 fully saturated rings. The first kappa shape index (κ1) is 15.6. The van der Waals surface area contributed by atoms with E-state index in [0.717, 1.165) is 18.3 Å². The lowest BCUT2D eigenvalue weighted by molar-refractivity contribution is -0.133. The van der Waals surface area contributed by atoms with Crippen LogP contribution in [-0.2, 0) is 11.2 Å². The van der Waals surface area contributed by atoms with E-state index in [9.17, 15) is 4.79 Å². The average Bonchev–Trinajstić information content (AvgIpc) is 2.97. The van der Waals surface area contributed by atoms with Gasteiger partial charge in [0.05, 0.1) is 0 Å². The van der Waals surface area contributed by atoms with Gasteiger partial charge in [-0.3, -0.25) is 4.79 Å². The average molecular weight is 338 g/mol. The van der Waals surface area contributed by atoms with Crippen LogP contribution in [0.4, 0.5) is 0 Å². The van der Waals surface area contributed by atoms with Gasteiger partial charge in [-0.1, -0.05) is 53.0 Å². The summed E-state index contributed by atoms with van der Waals surface area (Å²) in [5, 5.41) is 0.875. The number of amides is 1. The van der Waals surface area contributed by atoms with Crippen LogP contribution >= 0.6 is 15.9 Å². The lowest BCUT2D eigenvalue weighted by Gasteiger charge is -2.28. The molecule has 0 atom stereocenters. The van der Waals surface area contributed by atoms with Crippen molar-refractivity contribution >= 4 is 21.8 Å². The van der Waals surface area contributed by atoms with Gasteiger partial charge in [0, 0.05) is 24.3 Å². The van der Waals surface area contributed by atoms with E-state index in [-0.39, 0.29) is 0 Å². The van der Waals surface area contributed by atoms with Crippen molar-refractivity contribution in [2.45, 2.75) is 51.5 Å². The van der Waals surface area contributed by atoms with Gasteiger partial charge in [-0.05, 0) is 37.3 Å². The summed E-state index contributed by atoms with van der Waals surface area (Å²) in [4.78, 5) is 14.6. The largest absolute Gasteiger partial charge is 0.339 e. The Morgan fingerprint density at radius 2 is 2.00 bits per heavy atom. The molecule has 0 N–H and O–H groups in total. The molecule has 1 saturated carbocycles. The van der Waals surface area contributed by atoms with Crippen molar-refractivity contribution in [3.8, 4) is 0 Å². The highest BCUT2D eigenvalue weighted by Gasteiger charge is 2.25. The maximum Gasteiger partial charge on any atom is 0.223 e. The van der Waals surface area contributed by atoms with Gasteiger partial charge in [0.2, 0.25) is 5.91 Å². The molecule has 0 saturated heterocycles.